The predicted octanol–water partition coefficient (Wildman–Crippen LogP) is 2.93. The Kier molecular flexibility index (Phi) is 3.98. The third-order valence-corrected chi connectivity index (χ3v) is 4.74. The van der Waals surface area contributed by atoms with Crippen molar-refractivity contribution in [1.29, 1.82) is 5.26 Å². The first-order valence-corrected chi connectivity index (χ1v) is 8.27. The van der Waals surface area contributed by atoms with Crippen molar-refractivity contribution in [2.75, 3.05) is 19.6 Å². The van der Waals surface area contributed by atoms with Crippen LogP contribution < -0.4 is 0 Å². The van der Waals surface area contributed by atoms with Gasteiger partial charge in [-0.2, -0.15) is 10.3 Å². The van der Waals surface area contributed by atoms with Gasteiger partial charge in [0.25, 0.3) is 0 Å². The normalized spacial score (nSPS) is 22.7. The highest BCUT2D eigenvalue weighted by atomic mass is 19.1. The summed E-state index contributed by atoms with van der Waals surface area (Å²) in [7, 11) is 0. The molecule has 0 N–H and O–H groups in total. The van der Waals surface area contributed by atoms with Gasteiger partial charge >= 0.3 is 0 Å². The van der Waals surface area contributed by atoms with Gasteiger partial charge in [-0.25, -0.2) is 13.8 Å². The van der Waals surface area contributed by atoms with Crippen LogP contribution in [0.5, 0.6) is 0 Å². The molecule has 4 rings (SSSR count). The summed E-state index contributed by atoms with van der Waals surface area (Å²) in [5.41, 5.74) is 0.377. The van der Waals surface area contributed by atoms with Crippen LogP contribution >= 0.6 is 0 Å². The molecule has 3 aliphatic rings. The van der Waals surface area contributed by atoms with Crippen molar-refractivity contribution in [1.82, 2.24) is 14.9 Å². The zero-order valence-corrected chi connectivity index (χ0v) is 13.6. The second-order valence-electron chi connectivity index (χ2n) is 6.22. The number of fused-ring (bicyclic) bond motifs is 1. The molecular weight excluding hydrogens is 324 g/mol. The third kappa shape index (κ3) is 2.79. The summed E-state index contributed by atoms with van der Waals surface area (Å²) in [6, 6.07) is 5.51. The molecule has 5 nitrogen and oxygen atoms in total. The SMILES string of the molecule is N#CCN1CC=C2N=C(N3CCC[C@@H]3c3cc(F)ccc3F)C=CN21. The van der Waals surface area contributed by atoms with Gasteiger partial charge < -0.3 is 4.90 Å². The topological polar surface area (TPSA) is 45.9 Å². The molecule has 1 aromatic carbocycles. The number of halogens is 2. The van der Waals surface area contributed by atoms with Crippen LogP contribution in [0.3, 0.4) is 0 Å². The minimum atomic E-state index is -0.429. The summed E-state index contributed by atoms with van der Waals surface area (Å²) in [5, 5.41) is 12.6. The van der Waals surface area contributed by atoms with Crippen molar-refractivity contribution >= 4 is 5.84 Å². The van der Waals surface area contributed by atoms with Crippen LogP contribution in [-0.4, -0.2) is 40.4 Å². The highest BCUT2D eigenvalue weighted by Crippen LogP contribution is 2.35. The van der Waals surface area contributed by atoms with Gasteiger partial charge in [-0.1, -0.05) is 0 Å². The average molecular weight is 341 g/mol. The third-order valence-electron chi connectivity index (χ3n) is 4.74. The molecule has 0 aliphatic carbocycles. The van der Waals surface area contributed by atoms with E-state index in [0.717, 1.165) is 37.1 Å². The molecule has 0 spiro atoms. The number of rotatable bonds is 2. The Balaban J connectivity index is 1.60. The van der Waals surface area contributed by atoms with Crippen LogP contribution in [0.1, 0.15) is 24.4 Å². The fourth-order valence-corrected chi connectivity index (χ4v) is 3.59. The molecule has 1 fully saturated rings. The summed E-state index contributed by atoms with van der Waals surface area (Å²) < 4.78 is 27.8. The van der Waals surface area contributed by atoms with Crippen LogP contribution in [0.25, 0.3) is 0 Å². The summed E-state index contributed by atoms with van der Waals surface area (Å²) in [6.45, 7) is 1.67. The Morgan fingerprint density at radius 3 is 3.04 bits per heavy atom. The fraction of sp³-hybridized carbons (Fsp3) is 0.333. The molecule has 1 aromatic rings. The van der Waals surface area contributed by atoms with Crippen LogP contribution in [0.15, 0.2) is 47.4 Å². The van der Waals surface area contributed by atoms with E-state index < -0.39 is 5.82 Å². The molecule has 7 heteroatoms. The van der Waals surface area contributed by atoms with E-state index in [4.69, 9.17) is 5.26 Å². The minimum Gasteiger partial charge on any atom is -0.349 e. The van der Waals surface area contributed by atoms with Crippen molar-refractivity contribution in [3.05, 3.63) is 59.6 Å². The van der Waals surface area contributed by atoms with Crippen molar-refractivity contribution < 1.29 is 8.78 Å². The van der Waals surface area contributed by atoms with Crippen molar-refractivity contribution in [3.8, 4) is 6.07 Å². The first-order chi connectivity index (χ1) is 12.2. The fourth-order valence-electron chi connectivity index (χ4n) is 3.59. The van der Waals surface area contributed by atoms with Gasteiger partial charge in [-0.05, 0) is 43.2 Å². The highest BCUT2D eigenvalue weighted by Gasteiger charge is 2.32. The summed E-state index contributed by atoms with van der Waals surface area (Å²) in [6.07, 6.45) is 7.35. The second kappa shape index (κ2) is 6.30. The van der Waals surface area contributed by atoms with Crippen molar-refractivity contribution in [3.63, 3.8) is 0 Å². The van der Waals surface area contributed by atoms with Crippen molar-refractivity contribution in [2.24, 2.45) is 4.99 Å². The summed E-state index contributed by atoms with van der Waals surface area (Å²) in [4.78, 5) is 6.69. The lowest BCUT2D eigenvalue weighted by molar-refractivity contribution is 0.107. The molecule has 0 aromatic heterocycles. The lowest BCUT2D eigenvalue weighted by atomic mass is 10.0. The van der Waals surface area contributed by atoms with Crippen LogP contribution in [0.4, 0.5) is 8.78 Å². The van der Waals surface area contributed by atoms with E-state index in [1.807, 2.05) is 33.3 Å². The number of nitrogens with zero attached hydrogens (tertiary/aromatic N) is 5. The maximum Gasteiger partial charge on any atom is 0.146 e. The summed E-state index contributed by atoms with van der Waals surface area (Å²) in [5.74, 6) is 0.687. The Morgan fingerprint density at radius 2 is 2.20 bits per heavy atom. The molecule has 0 bridgehead atoms. The standard InChI is InChI=1S/C18H17F2N5/c19-13-3-4-15(20)14(12-13)16-2-1-8-24(16)17-6-10-25-18(22-17)5-9-23(25)11-7-21/h3-6,10,12,16H,1-2,8-9,11H2/t16-/m1/s1. The maximum absolute atomic E-state index is 14.2. The molecule has 0 saturated carbocycles. The predicted molar refractivity (Wildman–Crippen MR) is 88.7 cm³/mol. The molecule has 0 radical (unpaired) electrons. The molecule has 1 saturated heterocycles. The number of hydrogen-bond acceptors (Lipinski definition) is 5. The Bertz CT molecular complexity index is 823. The van der Waals surface area contributed by atoms with E-state index in [1.54, 1.807) is 0 Å². The van der Waals surface area contributed by atoms with Gasteiger partial charge in [0, 0.05) is 24.9 Å². The van der Waals surface area contributed by atoms with Gasteiger partial charge in [-0.15, -0.1) is 0 Å². The second-order valence-corrected chi connectivity index (χ2v) is 6.22. The van der Waals surface area contributed by atoms with Crippen LogP contribution in [0, 0.1) is 23.0 Å². The number of hydrazine groups is 1. The quantitative estimate of drug-likeness (QED) is 0.776. The zero-order chi connectivity index (χ0) is 17.4. The van der Waals surface area contributed by atoms with Gasteiger partial charge in [0.15, 0.2) is 0 Å². The lowest BCUT2D eigenvalue weighted by Gasteiger charge is -2.32. The average Bonchev–Trinajstić information content (AvgIpc) is 3.24. The number of aliphatic imine (C=N–C) groups is 1. The Hall–Kier alpha value is -2.72. The molecular formula is C18H17F2N5. The number of hydrogen-bond donors (Lipinski definition) is 0. The van der Waals surface area contributed by atoms with E-state index in [9.17, 15) is 8.78 Å². The molecule has 3 aliphatic heterocycles. The first kappa shape index (κ1) is 15.8. The van der Waals surface area contributed by atoms with Crippen LogP contribution in [0.2, 0.25) is 0 Å². The molecule has 0 unspecified atom stereocenters. The van der Waals surface area contributed by atoms with Gasteiger partial charge in [0.2, 0.25) is 0 Å². The Labute approximate surface area is 144 Å². The van der Waals surface area contributed by atoms with E-state index >= 15 is 0 Å². The van der Waals surface area contributed by atoms with E-state index in [-0.39, 0.29) is 18.4 Å². The highest BCUT2D eigenvalue weighted by molar-refractivity contribution is 5.95. The Morgan fingerprint density at radius 1 is 1.32 bits per heavy atom. The smallest absolute Gasteiger partial charge is 0.146 e. The molecule has 128 valence electrons. The molecule has 3 heterocycles. The van der Waals surface area contributed by atoms with E-state index in [0.29, 0.717) is 12.1 Å². The number of amidine groups is 1. The number of benzene rings is 1. The first-order valence-electron chi connectivity index (χ1n) is 8.27. The zero-order valence-electron chi connectivity index (χ0n) is 13.6. The van der Waals surface area contributed by atoms with Crippen molar-refractivity contribution in [2.45, 2.75) is 18.9 Å². The van der Waals surface area contributed by atoms with E-state index in [2.05, 4.69) is 11.1 Å². The lowest BCUT2D eigenvalue weighted by Crippen LogP contribution is -2.37. The van der Waals surface area contributed by atoms with Crippen LogP contribution in [-0.2, 0) is 0 Å². The molecule has 0 amide bonds. The summed E-state index contributed by atoms with van der Waals surface area (Å²) >= 11 is 0. The minimum absolute atomic E-state index is 0.220. The maximum atomic E-state index is 14.2. The molecule has 1 atom stereocenters. The largest absolute Gasteiger partial charge is 0.349 e. The van der Waals surface area contributed by atoms with E-state index in [1.165, 1.54) is 12.1 Å². The van der Waals surface area contributed by atoms with Gasteiger partial charge in [0.05, 0.1) is 12.1 Å². The molecule has 25 heavy (non-hydrogen) atoms. The van der Waals surface area contributed by atoms with Gasteiger partial charge in [-0.3, -0.25) is 5.01 Å². The number of nitriles is 1. The monoisotopic (exact) mass is 341 g/mol. The van der Waals surface area contributed by atoms with Gasteiger partial charge in [0.1, 0.15) is 29.8 Å². The number of likely N-dealkylation sites (tertiary alicyclic amines) is 1.